The summed E-state index contributed by atoms with van der Waals surface area (Å²) in [5, 5.41) is 9.60. The molecule has 11 nitrogen and oxygen atoms in total. The molecule has 1 aliphatic rings. The van der Waals surface area contributed by atoms with Crippen LogP contribution < -0.4 is 0 Å². The molecule has 1 saturated heterocycles. The Bertz CT molecular complexity index is 1410. The zero-order valence-electron chi connectivity index (χ0n) is 21.3. The van der Waals surface area contributed by atoms with E-state index in [0.29, 0.717) is 31.2 Å². The average Bonchev–Trinajstić information content (AvgIpc) is 3.35. The number of pyridine rings is 1. The normalized spacial score (nSPS) is 22.4. The van der Waals surface area contributed by atoms with Crippen molar-refractivity contribution in [2.24, 2.45) is 0 Å². The van der Waals surface area contributed by atoms with Crippen LogP contribution in [-0.4, -0.2) is 68.2 Å². The molecule has 0 saturated carbocycles. The van der Waals surface area contributed by atoms with Crippen molar-refractivity contribution >= 4 is 64.5 Å². The maximum Gasteiger partial charge on any atom is 0.303 e. The number of aromatic nitrogens is 4. The first-order chi connectivity index (χ1) is 19.0. The number of hydrogen-bond donors (Lipinski definition) is 0. The van der Waals surface area contributed by atoms with E-state index in [1.165, 1.54) is 43.4 Å². The van der Waals surface area contributed by atoms with Crippen LogP contribution in [-0.2, 0) is 33.3 Å². The molecule has 3 aromatic rings. The van der Waals surface area contributed by atoms with Crippen molar-refractivity contribution in [2.45, 2.75) is 55.5 Å². The number of carbonyl (C=O) groups excluding carboxylic acids is 3. The second-order valence-electron chi connectivity index (χ2n) is 8.65. The summed E-state index contributed by atoms with van der Waals surface area (Å²) >= 11 is 19.5. The van der Waals surface area contributed by atoms with E-state index in [0.717, 1.165) is 0 Å². The number of thioether (sulfide) groups is 1. The first-order valence-electron chi connectivity index (χ1n) is 11.8. The number of benzene rings is 1. The van der Waals surface area contributed by atoms with E-state index in [9.17, 15) is 14.4 Å². The molecule has 3 heterocycles. The number of rotatable bonds is 8. The van der Waals surface area contributed by atoms with Crippen LogP contribution in [0.5, 0.6) is 0 Å². The van der Waals surface area contributed by atoms with Gasteiger partial charge in [-0.25, -0.2) is 4.68 Å². The highest BCUT2D eigenvalue weighted by Gasteiger charge is 2.52. The highest BCUT2D eigenvalue weighted by atomic mass is 35.5. The van der Waals surface area contributed by atoms with E-state index in [1.807, 2.05) is 0 Å². The summed E-state index contributed by atoms with van der Waals surface area (Å²) in [5.41, 5.74) is 0.153. The fraction of sp³-hybridized carbons (Fsp3) is 0.360. The Balaban J connectivity index is 1.80. The minimum Gasteiger partial charge on any atom is -0.463 e. The lowest BCUT2D eigenvalue weighted by Crippen LogP contribution is -2.57. The highest BCUT2D eigenvalue weighted by molar-refractivity contribution is 7.99. The number of esters is 3. The van der Waals surface area contributed by atoms with Crippen molar-refractivity contribution in [1.29, 1.82) is 0 Å². The summed E-state index contributed by atoms with van der Waals surface area (Å²) in [7, 11) is 0. The molecule has 2 aromatic heterocycles. The molecule has 5 atom stereocenters. The Labute approximate surface area is 248 Å². The lowest BCUT2D eigenvalue weighted by Gasteiger charge is -2.44. The molecule has 0 spiro atoms. The van der Waals surface area contributed by atoms with E-state index in [2.05, 4.69) is 15.3 Å². The third-order valence-electron chi connectivity index (χ3n) is 5.63. The predicted octanol–water partition coefficient (Wildman–Crippen LogP) is 4.79. The lowest BCUT2D eigenvalue weighted by molar-refractivity contribution is -0.212. The van der Waals surface area contributed by atoms with Crippen molar-refractivity contribution in [1.82, 2.24) is 20.0 Å². The van der Waals surface area contributed by atoms with Gasteiger partial charge in [-0.15, -0.1) is 5.10 Å². The van der Waals surface area contributed by atoms with Gasteiger partial charge in [0.05, 0.1) is 21.3 Å². The van der Waals surface area contributed by atoms with Crippen LogP contribution in [0.2, 0.25) is 15.1 Å². The van der Waals surface area contributed by atoms with Gasteiger partial charge in [0.25, 0.3) is 0 Å². The highest BCUT2D eigenvalue weighted by Crippen LogP contribution is 2.41. The molecule has 0 N–H and O–H groups in total. The van der Waals surface area contributed by atoms with E-state index in [4.69, 9.17) is 53.8 Å². The fourth-order valence-corrected chi connectivity index (χ4v) is 5.75. The first kappa shape index (κ1) is 30.1. The van der Waals surface area contributed by atoms with Crippen LogP contribution in [0.1, 0.15) is 26.8 Å². The summed E-state index contributed by atoms with van der Waals surface area (Å²) in [4.78, 5) is 40.9. The van der Waals surface area contributed by atoms with Gasteiger partial charge in [0.2, 0.25) is 0 Å². The Morgan fingerprint density at radius 3 is 2.35 bits per heavy atom. The van der Waals surface area contributed by atoms with Crippen LogP contribution in [0.25, 0.3) is 11.3 Å². The van der Waals surface area contributed by atoms with Crippen molar-refractivity contribution in [3.63, 3.8) is 0 Å². The van der Waals surface area contributed by atoms with Crippen LogP contribution in [0.4, 0.5) is 0 Å². The number of carbonyl (C=O) groups is 3. The minimum absolute atomic E-state index is 0.254. The fourth-order valence-electron chi connectivity index (χ4n) is 4.08. The summed E-state index contributed by atoms with van der Waals surface area (Å²) in [6, 6.07) is 5.68. The van der Waals surface area contributed by atoms with Gasteiger partial charge in [0.1, 0.15) is 29.9 Å². The van der Waals surface area contributed by atoms with E-state index >= 15 is 0 Å². The molecular formula is C25H23Cl3N4O7S. The smallest absolute Gasteiger partial charge is 0.303 e. The van der Waals surface area contributed by atoms with Crippen LogP contribution >= 0.6 is 46.6 Å². The van der Waals surface area contributed by atoms with Crippen molar-refractivity contribution in [3.8, 4) is 11.3 Å². The SMILES string of the molecule is CC(=O)OCC1O[C@H](Sc2cncc(Cl)c2)C(OC(C)=O)C(n2cc(-c3ccc(Cl)c(Cl)c3)nn2)[C@H]1OC(C)=O. The second-order valence-corrected chi connectivity index (χ2v) is 11.1. The molecule has 3 unspecified atom stereocenters. The van der Waals surface area contributed by atoms with Crippen LogP contribution in [0, 0.1) is 0 Å². The van der Waals surface area contributed by atoms with Crippen LogP contribution in [0.3, 0.4) is 0 Å². The Kier molecular flexibility index (Phi) is 9.90. The number of hydrogen-bond acceptors (Lipinski definition) is 11. The molecule has 0 aliphatic carbocycles. The van der Waals surface area contributed by atoms with Crippen LogP contribution in [0.15, 0.2) is 47.8 Å². The summed E-state index contributed by atoms with van der Waals surface area (Å²) in [6.07, 6.45) is 1.51. The molecule has 212 valence electrons. The van der Waals surface area contributed by atoms with E-state index in [1.54, 1.807) is 36.7 Å². The van der Waals surface area contributed by atoms with Gasteiger partial charge < -0.3 is 18.9 Å². The zero-order valence-corrected chi connectivity index (χ0v) is 24.4. The Hall–Kier alpha value is -2.90. The Morgan fingerprint density at radius 1 is 0.975 bits per heavy atom. The van der Waals surface area contributed by atoms with E-state index in [-0.39, 0.29) is 6.61 Å². The second kappa shape index (κ2) is 13.2. The molecular weight excluding hydrogens is 607 g/mol. The standard InChI is InChI=1S/C25H23Cl3N4O7S/c1-12(33)36-11-21-23(37-13(2)34)22(32-10-20(30-31-32)15-4-5-18(27)19(28)6-15)24(38-14(3)35)25(39-21)40-17-7-16(26)8-29-9-17/h4-10,21-25H,11H2,1-3H3/t21?,22?,23-,24?,25+/m0/s1. The number of nitrogens with zero attached hydrogens (tertiary/aromatic N) is 4. The maximum absolute atomic E-state index is 12.3. The quantitative estimate of drug-likeness (QED) is 0.252. The lowest BCUT2D eigenvalue weighted by atomic mass is 9.96. The van der Waals surface area contributed by atoms with Crippen molar-refractivity contribution in [2.75, 3.05) is 6.61 Å². The van der Waals surface area contributed by atoms with Gasteiger partial charge in [-0.2, -0.15) is 0 Å². The van der Waals surface area contributed by atoms with Gasteiger partial charge in [0.15, 0.2) is 12.2 Å². The predicted molar refractivity (Wildman–Crippen MR) is 146 cm³/mol. The van der Waals surface area contributed by atoms with Gasteiger partial charge >= 0.3 is 17.9 Å². The van der Waals surface area contributed by atoms with Gasteiger partial charge in [-0.05, 0) is 18.2 Å². The molecule has 1 aliphatic heterocycles. The summed E-state index contributed by atoms with van der Waals surface area (Å²) in [5.74, 6) is -1.81. The molecule has 40 heavy (non-hydrogen) atoms. The molecule has 1 fully saturated rings. The van der Waals surface area contributed by atoms with E-state index < -0.39 is 47.7 Å². The summed E-state index contributed by atoms with van der Waals surface area (Å²) in [6.45, 7) is 3.46. The zero-order chi connectivity index (χ0) is 29.0. The molecule has 0 bridgehead atoms. The molecule has 4 rings (SSSR count). The third kappa shape index (κ3) is 7.43. The number of ether oxygens (including phenoxy) is 4. The monoisotopic (exact) mass is 628 g/mol. The molecule has 1 aromatic carbocycles. The largest absolute Gasteiger partial charge is 0.463 e. The number of halogens is 3. The van der Waals surface area contributed by atoms with Gasteiger partial charge in [-0.1, -0.05) is 57.8 Å². The summed E-state index contributed by atoms with van der Waals surface area (Å²) < 4.78 is 24.3. The van der Waals surface area contributed by atoms with Gasteiger partial charge in [0, 0.05) is 43.6 Å². The third-order valence-corrected chi connectivity index (χ3v) is 7.69. The molecule has 0 radical (unpaired) electrons. The average molecular weight is 630 g/mol. The van der Waals surface area contributed by atoms with Gasteiger partial charge in [-0.3, -0.25) is 19.4 Å². The minimum atomic E-state index is -1.10. The molecule has 0 amide bonds. The first-order valence-corrected chi connectivity index (χ1v) is 13.8. The Morgan fingerprint density at radius 2 is 1.70 bits per heavy atom. The topological polar surface area (TPSA) is 132 Å². The maximum atomic E-state index is 12.3. The van der Waals surface area contributed by atoms with Crippen molar-refractivity contribution in [3.05, 3.63) is 57.9 Å². The molecule has 15 heteroatoms. The van der Waals surface area contributed by atoms with Crippen molar-refractivity contribution < 1.29 is 33.3 Å².